The molecule has 0 aromatic carbocycles. The van der Waals surface area contributed by atoms with Gasteiger partial charge in [0.2, 0.25) is 17.7 Å². The maximum atomic E-state index is 12.8. The van der Waals surface area contributed by atoms with Gasteiger partial charge in [-0.3, -0.25) is 43.1 Å². The van der Waals surface area contributed by atoms with Gasteiger partial charge < -0.3 is 26.8 Å². The second kappa shape index (κ2) is 16.6. The zero-order valence-electron chi connectivity index (χ0n) is 24.1. The van der Waals surface area contributed by atoms with E-state index in [0.29, 0.717) is 38.6 Å². The van der Waals surface area contributed by atoms with Crippen LogP contribution in [0.1, 0.15) is 49.7 Å². The van der Waals surface area contributed by atoms with Crippen LogP contribution in [0.2, 0.25) is 0 Å². The minimum absolute atomic E-state index is 0.0422. The lowest BCUT2D eigenvalue weighted by Gasteiger charge is -2.19. The van der Waals surface area contributed by atoms with Crippen molar-refractivity contribution in [3.05, 3.63) is 65.2 Å². The molecule has 0 aliphatic heterocycles. The Morgan fingerprint density at radius 1 is 0.791 bits per heavy atom. The Balaban J connectivity index is 1.87. The molecule has 2 aromatic heterocycles. The summed E-state index contributed by atoms with van der Waals surface area (Å²) in [6.45, 7) is 2.61. The Labute approximate surface area is 244 Å². The number of aliphatic carboxylic acids is 1. The lowest BCUT2D eigenvalue weighted by Crippen LogP contribution is -2.48. The number of carboxylic acids is 1. The number of aryl methyl sites for hydroxylation is 2. The fraction of sp³-hybridized carbons (Fsp3) is 0.538. The number of nitrogens with two attached hydrogens (primary N) is 1. The van der Waals surface area contributed by atoms with Crippen LogP contribution in [0.25, 0.3) is 0 Å². The normalized spacial score (nSPS) is 12.3. The van der Waals surface area contributed by atoms with Crippen LogP contribution < -0.4 is 44.2 Å². The van der Waals surface area contributed by atoms with E-state index < -0.39 is 71.4 Å². The van der Waals surface area contributed by atoms with Crippen LogP contribution in [0.4, 0.5) is 0 Å². The molecular formula is C26H38N8O9. The molecule has 2 heterocycles. The standard InChI is InChI=1S/C26H38N8O9/c1-15-11-33(25(42)31-21(15)37)13-19(35)29-17(7-3-5-9-27)23(39)28-10-6-4-8-18(24(40)41)30-20(36)14-34-12-16(2)22(38)32-26(34)43/h11-12,17-18H,3-10,13-14,27H2,1-2H3,(H,28,39)(H,29,35)(H,30,36)(H,40,41)(H,31,37,42)(H,32,38,43)/t17-,18-/m1/s1. The molecule has 0 bridgehead atoms. The van der Waals surface area contributed by atoms with E-state index >= 15 is 0 Å². The predicted molar refractivity (Wildman–Crippen MR) is 153 cm³/mol. The molecule has 0 aliphatic rings. The Morgan fingerprint density at radius 2 is 1.26 bits per heavy atom. The highest BCUT2D eigenvalue weighted by Crippen LogP contribution is 2.04. The number of carboxylic acid groups (broad SMARTS) is 1. The number of hydrogen-bond acceptors (Lipinski definition) is 9. The van der Waals surface area contributed by atoms with Crippen molar-refractivity contribution in [3.8, 4) is 0 Å². The molecule has 2 aromatic rings. The number of nitrogens with one attached hydrogen (secondary N) is 5. The first kappa shape index (κ1) is 34.4. The summed E-state index contributed by atoms with van der Waals surface area (Å²) in [5.74, 6) is -3.09. The Kier molecular flexibility index (Phi) is 13.3. The number of carbonyl (C=O) groups is 4. The molecule has 0 fully saturated rings. The van der Waals surface area contributed by atoms with E-state index in [2.05, 4.69) is 25.9 Å². The van der Waals surface area contributed by atoms with Gasteiger partial charge in [0.15, 0.2) is 0 Å². The summed E-state index contributed by atoms with van der Waals surface area (Å²) in [6.07, 6.45) is 4.64. The number of nitrogens with zero attached hydrogens (tertiary/aromatic N) is 2. The zero-order valence-corrected chi connectivity index (χ0v) is 24.1. The summed E-state index contributed by atoms with van der Waals surface area (Å²) in [7, 11) is 0. The first-order chi connectivity index (χ1) is 20.3. The molecule has 0 saturated carbocycles. The number of aromatic nitrogens is 4. The van der Waals surface area contributed by atoms with Crippen molar-refractivity contribution in [1.29, 1.82) is 0 Å². The quantitative estimate of drug-likeness (QED) is 0.0908. The molecule has 236 valence electrons. The number of hydrogen-bond donors (Lipinski definition) is 7. The summed E-state index contributed by atoms with van der Waals surface area (Å²) >= 11 is 0. The van der Waals surface area contributed by atoms with Crippen LogP contribution in [0, 0.1) is 13.8 Å². The van der Waals surface area contributed by atoms with E-state index in [-0.39, 0.29) is 24.1 Å². The monoisotopic (exact) mass is 606 g/mol. The largest absolute Gasteiger partial charge is 0.480 e. The van der Waals surface area contributed by atoms with Crippen LogP contribution in [0.5, 0.6) is 0 Å². The van der Waals surface area contributed by atoms with E-state index in [9.17, 15) is 43.5 Å². The third kappa shape index (κ3) is 11.2. The first-order valence-corrected chi connectivity index (χ1v) is 13.7. The van der Waals surface area contributed by atoms with E-state index in [4.69, 9.17) is 5.73 Å². The SMILES string of the molecule is Cc1cn(CC(=O)N[C@H](CCCCNC(=O)[C@@H](CCCCN)NC(=O)Cn2cc(C)c(=O)[nH]c2=O)C(=O)O)c(=O)[nH]c1=O. The third-order valence-corrected chi connectivity index (χ3v) is 6.46. The molecule has 3 amide bonds. The van der Waals surface area contributed by atoms with Crippen LogP contribution in [-0.4, -0.2) is 73.1 Å². The molecule has 43 heavy (non-hydrogen) atoms. The van der Waals surface area contributed by atoms with E-state index in [1.165, 1.54) is 26.2 Å². The number of aromatic amines is 2. The topological polar surface area (TPSA) is 260 Å². The molecule has 0 spiro atoms. The molecule has 0 unspecified atom stereocenters. The molecule has 0 saturated heterocycles. The number of amides is 3. The third-order valence-electron chi connectivity index (χ3n) is 6.46. The molecule has 2 rings (SSSR count). The van der Waals surface area contributed by atoms with Crippen molar-refractivity contribution in [2.45, 2.75) is 77.5 Å². The molecule has 2 atom stereocenters. The fourth-order valence-electron chi connectivity index (χ4n) is 4.09. The average Bonchev–Trinajstić information content (AvgIpc) is 2.93. The summed E-state index contributed by atoms with van der Waals surface area (Å²) in [6, 6.07) is -2.16. The summed E-state index contributed by atoms with van der Waals surface area (Å²) in [5.41, 5.74) is 3.29. The van der Waals surface area contributed by atoms with Crippen molar-refractivity contribution in [2.75, 3.05) is 13.1 Å². The van der Waals surface area contributed by atoms with Crippen LogP contribution >= 0.6 is 0 Å². The molecule has 17 nitrogen and oxygen atoms in total. The lowest BCUT2D eigenvalue weighted by atomic mass is 10.1. The number of H-pyrrole nitrogens is 2. The highest BCUT2D eigenvalue weighted by molar-refractivity contribution is 5.87. The van der Waals surface area contributed by atoms with Crippen molar-refractivity contribution >= 4 is 23.7 Å². The highest BCUT2D eigenvalue weighted by Gasteiger charge is 2.22. The van der Waals surface area contributed by atoms with Gasteiger partial charge in [-0.25, -0.2) is 14.4 Å². The maximum Gasteiger partial charge on any atom is 0.328 e. The van der Waals surface area contributed by atoms with Crippen LogP contribution in [-0.2, 0) is 32.3 Å². The van der Waals surface area contributed by atoms with Gasteiger partial charge in [-0.15, -0.1) is 0 Å². The molecule has 17 heteroatoms. The second-order valence-electron chi connectivity index (χ2n) is 10.0. The van der Waals surface area contributed by atoms with Crippen molar-refractivity contribution in [2.24, 2.45) is 5.73 Å². The van der Waals surface area contributed by atoms with Crippen molar-refractivity contribution < 1.29 is 24.3 Å². The smallest absolute Gasteiger partial charge is 0.328 e. The predicted octanol–water partition coefficient (Wildman–Crippen LogP) is -2.83. The maximum absolute atomic E-state index is 12.8. The van der Waals surface area contributed by atoms with Gasteiger partial charge in [-0.05, 0) is 58.9 Å². The Morgan fingerprint density at radius 3 is 1.74 bits per heavy atom. The average molecular weight is 607 g/mol. The number of rotatable bonds is 17. The molecule has 0 radical (unpaired) electrons. The van der Waals surface area contributed by atoms with E-state index in [1.54, 1.807) is 0 Å². The Hall–Kier alpha value is -4.80. The van der Waals surface area contributed by atoms with Gasteiger partial charge in [0, 0.05) is 30.1 Å². The summed E-state index contributed by atoms with van der Waals surface area (Å²) < 4.78 is 1.99. The van der Waals surface area contributed by atoms with Crippen LogP contribution in [0.15, 0.2) is 31.6 Å². The van der Waals surface area contributed by atoms with Gasteiger partial charge in [0.25, 0.3) is 11.1 Å². The van der Waals surface area contributed by atoms with Crippen LogP contribution in [0.3, 0.4) is 0 Å². The number of unbranched alkanes of at least 4 members (excludes halogenated alkanes) is 2. The van der Waals surface area contributed by atoms with Gasteiger partial charge in [-0.1, -0.05) is 0 Å². The first-order valence-electron chi connectivity index (χ1n) is 13.7. The molecule has 8 N–H and O–H groups in total. The summed E-state index contributed by atoms with van der Waals surface area (Å²) in [4.78, 5) is 100. The zero-order chi connectivity index (χ0) is 32.1. The Bertz CT molecular complexity index is 1540. The number of carbonyl (C=O) groups excluding carboxylic acids is 3. The molecular weight excluding hydrogens is 568 g/mol. The minimum atomic E-state index is -1.28. The van der Waals surface area contributed by atoms with Gasteiger partial charge in [-0.2, -0.15) is 0 Å². The highest BCUT2D eigenvalue weighted by atomic mass is 16.4. The van der Waals surface area contributed by atoms with Crippen molar-refractivity contribution in [1.82, 2.24) is 35.1 Å². The lowest BCUT2D eigenvalue weighted by molar-refractivity contribution is -0.142. The van der Waals surface area contributed by atoms with Gasteiger partial charge in [0.05, 0.1) is 0 Å². The molecule has 0 aliphatic carbocycles. The summed E-state index contributed by atoms with van der Waals surface area (Å²) in [5, 5.41) is 17.1. The minimum Gasteiger partial charge on any atom is -0.480 e. The van der Waals surface area contributed by atoms with Gasteiger partial charge >= 0.3 is 17.3 Å². The second-order valence-corrected chi connectivity index (χ2v) is 10.0. The van der Waals surface area contributed by atoms with E-state index in [0.717, 1.165) is 9.13 Å². The van der Waals surface area contributed by atoms with Gasteiger partial charge in [0.1, 0.15) is 25.2 Å². The van der Waals surface area contributed by atoms with Crippen molar-refractivity contribution in [3.63, 3.8) is 0 Å². The van der Waals surface area contributed by atoms with E-state index in [1.807, 2.05) is 0 Å². The fourth-order valence-corrected chi connectivity index (χ4v) is 4.09.